The molecule has 0 aliphatic carbocycles. The number of ether oxygens (including phenoxy) is 2. The van der Waals surface area contributed by atoms with Gasteiger partial charge in [0, 0.05) is 38.9 Å². The topological polar surface area (TPSA) is 33.7 Å². The van der Waals surface area contributed by atoms with E-state index in [2.05, 4.69) is 10.2 Å². The summed E-state index contributed by atoms with van der Waals surface area (Å²) in [6.07, 6.45) is 5.11. The third-order valence-corrected chi connectivity index (χ3v) is 3.85. The fourth-order valence-electron chi connectivity index (χ4n) is 2.84. The highest BCUT2D eigenvalue weighted by molar-refractivity contribution is 4.82. The van der Waals surface area contributed by atoms with Gasteiger partial charge in [0.2, 0.25) is 0 Å². The lowest BCUT2D eigenvalue weighted by molar-refractivity contribution is 0.00615. The van der Waals surface area contributed by atoms with Crippen LogP contribution >= 0.6 is 0 Å². The molecule has 0 saturated carbocycles. The van der Waals surface area contributed by atoms with E-state index in [4.69, 9.17) is 9.47 Å². The monoisotopic (exact) mass is 242 g/mol. The van der Waals surface area contributed by atoms with Gasteiger partial charge in [-0.25, -0.2) is 0 Å². The van der Waals surface area contributed by atoms with Gasteiger partial charge in [-0.2, -0.15) is 0 Å². The molecule has 0 spiro atoms. The normalized spacial score (nSPS) is 30.0. The Morgan fingerprint density at radius 3 is 2.94 bits per heavy atom. The molecule has 0 amide bonds. The van der Waals surface area contributed by atoms with Gasteiger partial charge >= 0.3 is 0 Å². The Labute approximate surface area is 105 Å². The second kappa shape index (κ2) is 7.31. The Bertz CT molecular complexity index is 202. The Balaban J connectivity index is 1.81. The maximum atomic E-state index is 5.60. The minimum atomic E-state index is 0.598. The third kappa shape index (κ3) is 4.21. The quantitative estimate of drug-likeness (QED) is 0.749. The zero-order valence-electron chi connectivity index (χ0n) is 11.0. The van der Waals surface area contributed by atoms with Crippen LogP contribution in [-0.4, -0.2) is 63.5 Å². The van der Waals surface area contributed by atoms with Crippen LogP contribution in [0.15, 0.2) is 0 Å². The number of methoxy groups -OCH3 is 1. The molecule has 1 N–H and O–H groups in total. The first-order chi connectivity index (χ1) is 8.40. The minimum absolute atomic E-state index is 0.598. The zero-order valence-corrected chi connectivity index (χ0v) is 11.0. The second-order valence-electron chi connectivity index (χ2n) is 5.15. The summed E-state index contributed by atoms with van der Waals surface area (Å²) in [4.78, 5) is 2.56. The highest BCUT2D eigenvalue weighted by Gasteiger charge is 2.25. The summed E-state index contributed by atoms with van der Waals surface area (Å²) in [6.45, 7) is 6.03. The second-order valence-corrected chi connectivity index (χ2v) is 5.15. The van der Waals surface area contributed by atoms with Gasteiger partial charge in [0.1, 0.15) is 0 Å². The molecule has 2 rings (SSSR count). The average molecular weight is 242 g/mol. The third-order valence-electron chi connectivity index (χ3n) is 3.85. The van der Waals surface area contributed by atoms with E-state index in [1.165, 1.54) is 32.2 Å². The van der Waals surface area contributed by atoms with E-state index in [-0.39, 0.29) is 0 Å². The van der Waals surface area contributed by atoms with Gasteiger partial charge in [-0.15, -0.1) is 0 Å². The van der Waals surface area contributed by atoms with Crippen LogP contribution in [0.4, 0.5) is 0 Å². The predicted octanol–water partition coefficient (Wildman–Crippen LogP) is 0.866. The Morgan fingerprint density at radius 2 is 2.29 bits per heavy atom. The van der Waals surface area contributed by atoms with Crippen LogP contribution in [-0.2, 0) is 9.47 Å². The summed E-state index contributed by atoms with van der Waals surface area (Å²) in [7, 11) is 1.78. The molecule has 2 fully saturated rings. The van der Waals surface area contributed by atoms with E-state index in [0.29, 0.717) is 12.1 Å². The molecule has 0 bridgehead atoms. The number of hydrogen-bond donors (Lipinski definition) is 1. The standard InChI is InChI=1S/C13H26N2O2/c1-16-9-7-15(10-12-4-2-6-14-12)13-5-3-8-17-11-13/h12-14H,2-11H2,1H3. The molecule has 0 aromatic heterocycles. The Morgan fingerprint density at radius 1 is 1.35 bits per heavy atom. The van der Waals surface area contributed by atoms with E-state index < -0.39 is 0 Å². The van der Waals surface area contributed by atoms with E-state index in [9.17, 15) is 0 Å². The van der Waals surface area contributed by atoms with Crippen molar-refractivity contribution < 1.29 is 9.47 Å². The van der Waals surface area contributed by atoms with Crippen molar-refractivity contribution in [1.29, 1.82) is 0 Å². The van der Waals surface area contributed by atoms with E-state index in [1.807, 2.05) is 0 Å². The first-order valence-corrected chi connectivity index (χ1v) is 6.94. The summed E-state index contributed by atoms with van der Waals surface area (Å²) in [6, 6.07) is 1.27. The van der Waals surface area contributed by atoms with Crippen LogP contribution in [0.1, 0.15) is 25.7 Å². The molecule has 0 aromatic carbocycles. The molecule has 4 heteroatoms. The van der Waals surface area contributed by atoms with Crippen LogP contribution in [0.25, 0.3) is 0 Å². The lowest BCUT2D eigenvalue weighted by atomic mass is 10.1. The van der Waals surface area contributed by atoms with E-state index in [1.54, 1.807) is 7.11 Å². The van der Waals surface area contributed by atoms with E-state index >= 15 is 0 Å². The van der Waals surface area contributed by atoms with Gasteiger partial charge in [0.15, 0.2) is 0 Å². The number of hydrogen-bond acceptors (Lipinski definition) is 4. The van der Waals surface area contributed by atoms with Crippen molar-refractivity contribution in [2.75, 3.05) is 46.6 Å². The molecular formula is C13H26N2O2. The highest BCUT2D eigenvalue weighted by atomic mass is 16.5. The molecule has 2 heterocycles. The number of nitrogens with zero attached hydrogens (tertiary/aromatic N) is 1. The molecule has 2 unspecified atom stereocenters. The van der Waals surface area contributed by atoms with Crippen LogP contribution in [0.5, 0.6) is 0 Å². The molecule has 17 heavy (non-hydrogen) atoms. The summed E-state index contributed by atoms with van der Waals surface area (Å²) < 4.78 is 10.8. The average Bonchev–Trinajstić information content (AvgIpc) is 2.88. The molecule has 0 aromatic rings. The summed E-state index contributed by atoms with van der Waals surface area (Å²) in [5, 5.41) is 3.58. The first-order valence-electron chi connectivity index (χ1n) is 6.94. The van der Waals surface area contributed by atoms with E-state index in [0.717, 1.165) is 32.9 Å². The van der Waals surface area contributed by atoms with Gasteiger partial charge in [0.25, 0.3) is 0 Å². The number of rotatable bonds is 6. The lowest BCUT2D eigenvalue weighted by Gasteiger charge is -2.35. The van der Waals surface area contributed by atoms with Crippen LogP contribution in [0.3, 0.4) is 0 Å². The smallest absolute Gasteiger partial charge is 0.0621 e. The molecular weight excluding hydrogens is 216 g/mol. The van der Waals surface area contributed by atoms with Gasteiger partial charge in [-0.1, -0.05) is 0 Å². The molecule has 2 aliphatic rings. The fourth-order valence-corrected chi connectivity index (χ4v) is 2.84. The van der Waals surface area contributed by atoms with Crippen LogP contribution in [0.2, 0.25) is 0 Å². The maximum absolute atomic E-state index is 5.60. The summed E-state index contributed by atoms with van der Waals surface area (Å²) in [5.41, 5.74) is 0. The molecule has 2 atom stereocenters. The zero-order chi connectivity index (χ0) is 11.9. The highest BCUT2D eigenvalue weighted by Crippen LogP contribution is 2.16. The minimum Gasteiger partial charge on any atom is -0.383 e. The van der Waals surface area contributed by atoms with Gasteiger partial charge < -0.3 is 14.8 Å². The van der Waals surface area contributed by atoms with Gasteiger partial charge in [0.05, 0.1) is 13.2 Å². The van der Waals surface area contributed by atoms with Crippen LogP contribution < -0.4 is 5.32 Å². The molecule has 2 aliphatic heterocycles. The van der Waals surface area contributed by atoms with Crippen molar-refractivity contribution >= 4 is 0 Å². The SMILES string of the molecule is COCCN(CC1CCCN1)C1CCCOC1. The molecule has 4 nitrogen and oxygen atoms in total. The van der Waals surface area contributed by atoms with Crippen molar-refractivity contribution in [1.82, 2.24) is 10.2 Å². The van der Waals surface area contributed by atoms with Crippen molar-refractivity contribution in [3.8, 4) is 0 Å². The van der Waals surface area contributed by atoms with Crippen molar-refractivity contribution in [2.24, 2.45) is 0 Å². The maximum Gasteiger partial charge on any atom is 0.0621 e. The van der Waals surface area contributed by atoms with Crippen LogP contribution in [0, 0.1) is 0 Å². The fraction of sp³-hybridized carbons (Fsp3) is 1.00. The Hall–Kier alpha value is -0.160. The lowest BCUT2D eigenvalue weighted by Crippen LogP contribution is -2.48. The van der Waals surface area contributed by atoms with Gasteiger partial charge in [-0.3, -0.25) is 4.90 Å². The Kier molecular flexibility index (Phi) is 5.71. The number of nitrogens with one attached hydrogen (secondary N) is 1. The van der Waals surface area contributed by atoms with Crippen molar-refractivity contribution in [3.63, 3.8) is 0 Å². The van der Waals surface area contributed by atoms with Crippen molar-refractivity contribution in [2.45, 2.75) is 37.8 Å². The summed E-state index contributed by atoms with van der Waals surface area (Å²) >= 11 is 0. The van der Waals surface area contributed by atoms with Gasteiger partial charge in [-0.05, 0) is 32.2 Å². The van der Waals surface area contributed by atoms with Crippen molar-refractivity contribution in [3.05, 3.63) is 0 Å². The molecule has 0 radical (unpaired) electrons. The summed E-state index contributed by atoms with van der Waals surface area (Å²) in [5.74, 6) is 0. The largest absolute Gasteiger partial charge is 0.383 e. The predicted molar refractivity (Wildman–Crippen MR) is 68.3 cm³/mol. The first kappa shape index (κ1) is 13.3. The molecule has 2 saturated heterocycles. The molecule has 100 valence electrons.